The van der Waals surface area contributed by atoms with Crippen LogP contribution in [0.15, 0.2) is 134 Å². The summed E-state index contributed by atoms with van der Waals surface area (Å²) in [4.78, 5) is 4.38. The molecule has 9 aromatic rings. The van der Waals surface area contributed by atoms with Crippen molar-refractivity contribution in [2.24, 2.45) is 0 Å². The minimum absolute atomic E-state index is 0.164. The normalized spacial score (nSPS) is 13.9. The van der Waals surface area contributed by atoms with Gasteiger partial charge in [-0.2, -0.15) is 0 Å². The molecule has 0 amide bonds. The van der Waals surface area contributed by atoms with Crippen LogP contribution in [0.3, 0.4) is 0 Å². The number of para-hydroxylation sites is 1. The van der Waals surface area contributed by atoms with Gasteiger partial charge in [-0.3, -0.25) is 4.98 Å². The standard InChI is InChI=1S/C42H28N2/c1-42(2)36-23-29-20-27(30-12-5-6-13-31(30)28-11-9-19-43-24-28)18-17-25(29)21-34(36)39-35-22-26-10-3-4-14-32(26)38-33-15-7-8-16-37(33)44(40(35)38)41(39)42/h3-24H,1-2H3. The predicted octanol–water partition coefficient (Wildman–Crippen LogP) is 11.0. The van der Waals surface area contributed by atoms with Crippen molar-refractivity contribution in [3.8, 4) is 33.4 Å². The lowest BCUT2D eigenvalue weighted by Gasteiger charge is -2.22. The number of benzene rings is 6. The van der Waals surface area contributed by atoms with Crippen molar-refractivity contribution < 1.29 is 0 Å². The summed E-state index contributed by atoms with van der Waals surface area (Å²) in [6.07, 6.45) is 3.78. The molecule has 0 N–H and O–H groups in total. The molecule has 44 heavy (non-hydrogen) atoms. The fourth-order valence-electron chi connectivity index (χ4n) is 8.19. The summed E-state index contributed by atoms with van der Waals surface area (Å²) in [5, 5.41) is 9.25. The van der Waals surface area contributed by atoms with Crippen LogP contribution in [0.25, 0.3) is 82.1 Å². The van der Waals surface area contributed by atoms with E-state index in [0.717, 1.165) is 5.56 Å². The van der Waals surface area contributed by atoms with E-state index in [1.807, 2.05) is 18.5 Å². The largest absolute Gasteiger partial charge is 0.311 e. The molecule has 0 atom stereocenters. The van der Waals surface area contributed by atoms with Crippen molar-refractivity contribution in [2.45, 2.75) is 19.3 Å². The summed E-state index contributed by atoms with van der Waals surface area (Å²) in [5.74, 6) is 0. The lowest BCUT2D eigenvalue weighted by Crippen LogP contribution is -2.17. The van der Waals surface area contributed by atoms with Crippen LogP contribution in [0.2, 0.25) is 0 Å². The zero-order valence-corrected chi connectivity index (χ0v) is 24.6. The highest BCUT2D eigenvalue weighted by molar-refractivity contribution is 6.29. The molecule has 0 fully saturated rings. The van der Waals surface area contributed by atoms with Crippen LogP contribution in [-0.2, 0) is 5.41 Å². The fraction of sp³-hybridized carbons (Fsp3) is 0.0714. The SMILES string of the molecule is CC1(C)c2cc3cc(-c4ccccc4-c4cccnc4)ccc3cc2-c2c1n1c3ccccc3c3c4ccccc4cc2c31. The molecule has 0 saturated carbocycles. The van der Waals surface area contributed by atoms with Crippen LogP contribution >= 0.6 is 0 Å². The Balaban J connectivity index is 1.25. The predicted molar refractivity (Wildman–Crippen MR) is 185 cm³/mol. The summed E-state index contributed by atoms with van der Waals surface area (Å²) in [6, 6.07) is 44.9. The maximum Gasteiger partial charge on any atom is 0.0624 e. The Bertz CT molecular complexity index is 2620. The molecule has 206 valence electrons. The summed E-state index contributed by atoms with van der Waals surface area (Å²) >= 11 is 0. The number of fused-ring (bicyclic) bond motifs is 11. The Labute approximate surface area is 255 Å². The Morgan fingerprint density at radius 2 is 1.34 bits per heavy atom. The number of hydrogen-bond acceptors (Lipinski definition) is 1. The van der Waals surface area contributed by atoms with E-state index in [1.54, 1.807) is 0 Å². The highest BCUT2D eigenvalue weighted by atomic mass is 14.9. The first-order valence-corrected chi connectivity index (χ1v) is 15.4. The van der Waals surface area contributed by atoms with E-state index < -0.39 is 0 Å². The van der Waals surface area contributed by atoms with E-state index in [1.165, 1.54) is 87.8 Å². The average molecular weight is 561 g/mol. The number of nitrogens with zero attached hydrogens (tertiary/aromatic N) is 2. The van der Waals surface area contributed by atoms with E-state index in [2.05, 4.69) is 138 Å². The summed E-state index contributed by atoms with van der Waals surface area (Å²) in [6.45, 7) is 4.82. The molecule has 0 aliphatic heterocycles. The van der Waals surface area contributed by atoms with E-state index in [9.17, 15) is 0 Å². The van der Waals surface area contributed by atoms with Gasteiger partial charge in [-0.1, -0.05) is 98.8 Å². The van der Waals surface area contributed by atoms with Gasteiger partial charge < -0.3 is 4.40 Å². The van der Waals surface area contributed by atoms with Crippen LogP contribution in [0.4, 0.5) is 0 Å². The quantitative estimate of drug-likeness (QED) is 0.206. The Morgan fingerprint density at radius 3 is 2.18 bits per heavy atom. The Morgan fingerprint density at radius 1 is 0.568 bits per heavy atom. The van der Waals surface area contributed by atoms with Crippen molar-refractivity contribution >= 4 is 48.7 Å². The minimum Gasteiger partial charge on any atom is -0.311 e. The lowest BCUT2D eigenvalue weighted by molar-refractivity contribution is 0.634. The molecule has 0 unspecified atom stereocenters. The first-order valence-electron chi connectivity index (χ1n) is 15.4. The molecule has 1 aliphatic carbocycles. The summed E-state index contributed by atoms with van der Waals surface area (Å²) in [5.41, 5.74) is 12.8. The lowest BCUT2D eigenvalue weighted by atomic mass is 9.84. The zero-order chi connectivity index (χ0) is 29.2. The topological polar surface area (TPSA) is 17.3 Å². The monoisotopic (exact) mass is 560 g/mol. The average Bonchev–Trinajstić information content (AvgIpc) is 3.66. The molecular formula is C42H28N2. The van der Waals surface area contributed by atoms with Crippen molar-refractivity contribution in [3.05, 3.63) is 145 Å². The third-order valence-electron chi connectivity index (χ3n) is 10.1. The smallest absolute Gasteiger partial charge is 0.0624 e. The molecule has 10 rings (SSSR count). The molecule has 0 bridgehead atoms. The molecule has 3 aromatic heterocycles. The van der Waals surface area contributed by atoms with E-state index >= 15 is 0 Å². The number of aromatic nitrogens is 2. The molecule has 2 heteroatoms. The first-order chi connectivity index (χ1) is 21.6. The number of hydrogen-bond donors (Lipinski definition) is 0. The molecule has 2 nitrogen and oxygen atoms in total. The zero-order valence-electron chi connectivity index (χ0n) is 24.6. The number of rotatable bonds is 2. The van der Waals surface area contributed by atoms with Gasteiger partial charge in [-0.05, 0) is 85.8 Å². The second-order valence-electron chi connectivity index (χ2n) is 12.8. The van der Waals surface area contributed by atoms with Crippen molar-refractivity contribution in [3.63, 3.8) is 0 Å². The Hall–Kier alpha value is -5.47. The van der Waals surface area contributed by atoms with Gasteiger partial charge in [0.05, 0.1) is 11.0 Å². The van der Waals surface area contributed by atoms with Gasteiger partial charge in [0.2, 0.25) is 0 Å². The molecule has 3 heterocycles. The van der Waals surface area contributed by atoms with Crippen LogP contribution in [-0.4, -0.2) is 9.38 Å². The third kappa shape index (κ3) is 2.97. The number of pyridine rings is 1. The molecular weight excluding hydrogens is 532 g/mol. The molecule has 0 radical (unpaired) electrons. The second kappa shape index (κ2) is 8.33. The Kier molecular flexibility index (Phi) is 4.55. The molecule has 1 aliphatic rings. The van der Waals surface area contributed by atoms with Crippen molar-refractivity contribution in [2.75, 3.05) is 0 Å². The van der Waals surface area contributed by atoms with Gasteiger partial charge in [0.1, 0.15) is 0 Å². The second-order valence-corrected chi connectivity index (χ2v) is 12.8. The maximum atomic E-state index is 4.38. The first kappa shape index (κ1) is 24.0. The molecule has 6 aromatic carbocycles. The maximum absolute atomic E-state index is 4.38. The van der Waals surface area contributed by atoms with Gasteiger partial charge in [0, 0.05) is 50.8 Å². The van der Waals surface area contributed by atoms with Gasteiger partial charge in [0.25, 0.3) is 0 Å². The highest BCUT2D eigenvalue weighted by Crippen LogP contribution is 2.56. The van der Waals surface area contributed by atoms with Gasteiger partial charge >= 0.3 is 0 Å². The summed E-state index contributed by atoms with van der Waals surface area (Å²) < 4.78 is 2.59. The molecule has 0 saturated heterocycles. The van der Waals surface area contributed by atoms with E-state index in [-0.39, 0.29) is 5.41 Å². The minimum atomic E-state index is -0.164. The van der Waals surface area contributed by atoms with Crippen LogP contribution in [0, 0.1) is 0 Å². The summed E-state index contributed by atoms with van der Waals surface area (Å²) in [7, 11) is 0. The van der Waals surface area contributed by atoms with Crippen molar-refractivity contribution in [1.82, 2.24) is 9.38 Å². The van der Waals surface area contributed by atoms with Gasteiger partial charge in [0.15, 0.2) is 0 Å². The van der Waals surface area contributed by atoms with Gasteiger partial charge in [-0.25, -0.2) is 0 Å². The third-order valence-corrected chi connectivity index (χ3v) is 10.1. The van der Waals surface area contributed by atoms with E-state index in [0.29, 0.717) is 0 Å². The molecule has 0 spiro atoms. The highest BCUT2D eigenvalue weighted by Gasteiger charge is 2.41. The van der Waals surface area contributed by atoms with E-state index in [4.69, 9.17) is 0 Å². The fourth-order valence-corrected chi connectivity index (χ4v) is 8.19. The van der Waals surface area contributed by atoms with Crippen LogP contribution in [0.1, 0.15) is 25.1 Å². The van der Waals surface area contributed by atoms with Crippen molar-refractivity contribution in [1.29, 1.82) is 0 Å². The van der Waals surface area contributed by atoms with Crippen LogP contribution in [0.5, 0.6) is 0 Å². The van der Waals surface area contributed by atoms with Crippen LogP contribution < -0.4 is 0 Å². The van der Waals surface area contributed by atoms with Gasteiger partial charge in [-0.15, -0.1) is 0 Å².